The van der Waals surface area contributed by atoms with Gasteiger partial charge in [-0.15, -0.1) is 0 Å². The molecule has 0 aliphatic heterocycles. The summed E-state index contributed by atoms with van der Waals surface area (Å²) in [5, 5.41) is 27.3. The van der Waals surface area contributed by atoms with Crippen LogP contribution in [-0.2, 0) is 4.79 Å². The van der Waals surface area contributed by atoms with Crippen LogP contribution in [0.4, 0.5) is 0 Å². The first-order valence-electron chi connectivity index (χ1n) is 4.63. The summed E-state index contributed by atoms with van der Waals surface area (Å²) in [4.78, 5) is 10.7. The number of carbonyl (C=O) groups is 1. The quantitative estimate of drug-likeness (QED) is 0.516. The molecule has 0 aromatic rings. The molecular weight excluding hydrogens is 172 g/mol. The Morgan fingerprint density at radius 1 is 1.15 bits per heavy atom. The van der Waals surface area contributed by atoms with E-state index in [1.165, 1.54) is 0 Å². The van der Waals surface area contributed by atoms with Crippen LogP contribution in [-0.4, -0.2) is 27.1 Å². The van der Waals surface area contributed by atoms with Crippen molar-refractivity contribution in [3.8, 4) is 0 Å². The van der Waals surface area contributed by atoms with Crippen LogP contribution in [0.3, 0.4) is 0 Å². The molecule has 2 saturated carbocycles. The molecule has 2 fully saturated rings. The minimum absolute atomic E-state index is 0.0964. The monoisotopic (exact) mass is 186 g/mol. The molecule has 0 aromatic heterocycles. The third-order valence-corrected chi connectivity index (χ3v) is 3.53. The second-order valence-electron chi connectivity index (χ2n) is 4.44. The highest BCUT2D eigenvalue weighted by Gasteiger charge is 2.60. The van der Waals surface area contributed by atoms with Crippen LogP contribution in [0.1, 0.15) is 32.1 Å². The Morgan fingerprint density at radius 2 is 1.69 bits per heavy atom. The van der Waals surface area contributed by atoms with Gasteiger partial charge >= 0.3 is 5.97 Å². The van der Waals surface area contributed by atoms with Gasteiger partial charge in [-0.1, -0.05) is 0 Å². The maximum Gasteiger partial charge on any atom is 0.307 e. The Balaban J connectivity index is 1.97. The van der Waals surface area contributed by atoms with Crippen LogP contribution in [0.5, 0.6) is 0 Å². The number of carboxylic acids is 1. The molecule has 2 aliphatic rings. The van der Waals surface area contributed by atoms with Gasteiger partial charge in [0.25, 0.3) is 0 Å². The van der Waals surface area contributed by atoms with Crippen molar-refractivity contribution >= 4 is 5.97 Å². The van der Waals surface area contributed by atoms with E-state index in [2.05, 4.69) is 0 Å². The Labute approximate surface area is 76.2 Å². The molecule has 0 aromatic carbocycles. The first kappa shape index (κ1) is 8.97. The molecule has 1 unspecified atom stereocenters. The molecule has 13 heavy (non-hydrogen) atoms. The number of rotatable bonds is 1. The highest BCUT2D eigenvalue weighted by molar-refractivity contribution is 5.74. The molecule has 4 nitrogen and oxygen atoms in total. The fourth-order valence-electron chi connectivity index (χ4n) is 2.40. The van der Waals surface area contributed by atoms with Gasteiger partial charge in [-0.2, -0.15) is 0 Å². The molecule has 4 heteroatoms. The molecule has 3 N–H and O–H groups in total. The van der Waals surface area contributed by atoms with Crippen LogP contribution < -0.4 is 0 Å². The number of hydrogen-bond acceptors (Lipinski definition) is 3. The van der Waals surface area contributed by atoms with Crippen molar-refractivity contribution < 1.29 is 20.1 Å². The standard InChI is InChI=1S/C9H14O4/c10-7(11)6-5-8(6)1-3-9(12,13)4-2-8/h6,12-13H,1-5H2,(H,10,11). The van der Waals surface area contributed by atoms with Gasteiger partial charge in [-0.25, -0.2) is 0 Å². The van der Waals surface area contributed by atoms with Crippen molar-refractivity contribution in [2.24, 2.45) is 11.3 Å². The van der Waals surface area contributed by atoms with E-state index in [1.807, 2.05) is 0 Å². The normalized spacial score (nSPS) is 34.5. The lowest BCUT2D eigenvalue weighted by Crippen LogP contribution is -2.35. The SMILES string of the molecule is O=C(O)C1CC12CCC(O)(O)CC2. The van der Waals surface area contributed by atoms with Crippen molar-refractivity contribution in [3.05, 3.63) is 0 Å². The lowest BCUT2D eigenvalue weighted by Gasteiger charge is -2.32. The Morgan fingerprint density at radius 3 is 2.08 bits per heavy atom. The molecule has 0 amide bonds. The van der Waals surface area contributed by atoms with Crippen molar-refractivity contribution in [1.82, 2.24) is 0 Å². The van der Waals surface area contributed by atoms with E-state index in [4.69, 9.17) is 5.11 Å². The highest BCUT2D eigenvalue weighted by atomic mass is 16.5. The minimum Gasteiger partial charge on any atom is -0.481 e. The van der Waals surface area contributed by atoms with Crippen LogP contribution in [0.25, 0.3) is 0 Å². The lowest BCUT2D eigenvalue weighted by atomic mass is 9.81. The first-order chi connectivity index (χ1) is 5.95. The first-order valence-corrected chi connectivity index (χ1v) is 4.63. The number of aliphatic hydroxyl groups is 2. The van der Waals surface area contributed by atoms with Crippen molar-refractivity contribution in [2.45, 2.75) is 37.9 Å². The molecular formula is C9H14O4. The van der Waals surface area contributed by atoms with Gasteiger partial charge in [0.15, 0.2) is 5.79 Å². The van der Waals surface area contributed by atoms with Crippen LogP contribution in [0.2, 0.25) is 0 Å². The van der Waals surface area contributed by atoms with Crippen LogP contribution in [0, 0.1) is 11.3 Å². The second-order valence-corrected chi connectivity index (χ2v) is 4.44. The number of carboxylic acid groups (broad SMARTS) is 1. The van der Waals surface area contributed by atoms with E-state index in [0.29, 0.717) is 25.7 Å². The molecule has 1 spiro atoms. The van der Waals surface area contributed by atoms with Crippen molar-refractivity contribution in [2.75, 3.05) is 0 Å². The summed E-state index contributed by atoms with van der Waals surface area (Å²) in [5.74, 6) is -2.51. The van der Waals surface area contributed by atoms with E-state index >= 15 is 0 Å². The van der Waals surface area contributed by atoms with E-state index < -0.39 is 11.8 Å². The summed E-state index contributed by atoms with van der Waals surface area (Å²) in [6.07, 6.45) is 2.62. The molecule has 0 heterocycles. The van der Waals surface area contributed by atoms with E-state index in [1.54, 1.807) is 0 Å². The summed E-state index contributed by atoms with van der Waals surface area (Å²) in [6, 6.07) is 0. The second kappa shape index (κ2) is 2.45. The van der Waals surface area contributed by atoms with Crippen molar-refractivity contribution in [3.63, 3.8) is 0 Å². The topological polar surface area (TPSA) is 77.8 Å². The average Bonchev–Trinajstić information content (AvgIpc) is 2.72. The summed E-state index contributed by atoms with van der Waals surface area (Å²) in [5.41, 5.74) is -0.0964. The van der Waals surface area contributed by atoms with Gasteiger partial charge in [-0.3, -0.25) is 4.79 Å². The lowest BCUT2D eigenvalue weighted by molar-refractivity contribution is -0.189. The van der Waals surface area contributed by atoms with Gasteiger partial charge in [0.05, 0.1) is 5.92 Å². The molecule has 0 radical (unpaired) electrons. The predicted molar refractivity (Wildman–Crippen MR) is 43.8 cm³/mol. The van der Waals surface area contributed by atoms with Crippen LogP contribution in [0.15, 0.2) is 0 Å². The fraction of sp³-hybridized carbons (Fsp3) is 0.889. The third kappa shape index (κ3) is 1.44. The Bertz CT molecular complexity index is 236. The van der Waals surface area contributed by atoms with Gasteiger partial charge in [0.1, 0.15) is 0 Å². The minimum atomic E-state index is -1.54. The molecule has 2 rings (SSSR count). The number of hydrogen-bond donors (Lipinski definition) is 3. The highest BCUT2D eigenvalue weighted by Crippen LogP contribution is 2.62. The van der Waals surface area contributed by atoms with Gasteiger partial charge in [0, 0.05) is 12.8 Å². The zero-order chi connectivity index (χ0) is 9.69. The predicted octanol–water partition coefficient (Wildman–Crippen LogP) is 0.332. The zero-order valence-corrected chi connectivity index (χ0v) is 7.36. The molecule has 0 saturated heterocycles. The van der Waals surface area contributed by atoms with E-state index in [0.717, 1.165) is 6.42 Å². The maximum atomic E-state index is 10.7. The van der Waals surface area contributed by atoms with Crippen LogP contribution >= 0.6 is 0 Å². The Kier molecular flexibility index (Phi) is 1.69. The third-order valence-electron chi connectivity index (χ3n) is 3.53. The zero-order valence-electron chi connectivity index (χ0n) is 7.36. The van der Waals surface area contributed by atoms with Gasteiger partial charge in [-0.05, 0) is 24.7 Å². The van der Waals surface area contributed by atoms with E-state index in [-0.39, 0.29) is 11.3 Å². The summed E-state index contributed by atoms with van der Waals surface area (Å²) in [6.45, 7) is 0. The molecule has 2 aliphatic carbocycles. The maximum absolute atomic E-state index is 10.7. The summed E-state index contributed by atoms with van der Waals surface area (Å²) >= 11 is 0. The fourth-order valence-corrected chi connectivity index (χ4v) is 2.40. The summed E-state index contributed by atoms with van der Waals surface area (Å²) < 4.78 is 0. The smallest absolute Gasteiger partial charge is 0.307 e. The summed E-state index contributed by atoms with van der Waals surface area (Å²) in [7, 11) is 0. The van der Waals surface area contributed by atoms with Gasteiger partial charge < -0.3 is 15.3 Å². The van der Waals surface area contributed by atoms with E-state index in [9.17, 15) is 15.0 Å². The number of aliphatic carboxylic acids is 1. The molecule has 0 bridgehead atoms. The molecule has 74 valence electrons. The van der Waals surface area contributed by atoms with Crippen molar-refractivity contribution in [1.29, 1.82) is 0 Å². The van der Waals surface area contributed by atoms with Gasteiger partial charge in [0.2, 0.25) is 0 Å². The average molecular weight is 186 g/mol. The Hall–Kier alpha value is -0.610. The molecule has 1 atom stereocenters. The largest absolute Gasteiger partial charge is 0.481 e.